The van der Waals surface area contributed by atoms with Gasteiger partial charge in [-0.1, -0.05) is 6.58 Å². The SMILES string of the molecule is C=C(c1ncc(-c2ccc(-n3ccnc3)cc2O)nn1)[C@@H]1C[C@]2(C)N[C@@](C)(C[C@H]2OC)[C@H]1F. The molecule has 5 atom stereocenters. The number of rotatable bonds is 5. The van der Waals surface area contributed by atoms with Crippen molar-refractivity contribution in [1.82, 2.24) is 30.0 Å². The van der Waals surface area contributed by atoms with Crippen molar-refractivity contribution in [3.8, 4) is 22.7 Å². The first-order valence-electron chi connectivity index (χ1n) is 10.9. The number of halogens is 1. The summed E-state index contributed by atoms with van der Waals surface area (Å²) in [7, 11) is 1.67. The zero-order chi connectivity index (χ0) is 23.4. The van der Waals surface area contributed by atoms with Gasteiger partial charge < -0.3 is 19.7 Å². The Morgan fingerprint density at radius 3 is 2.73 bits per heavy atom. The Labute approximate surface area is 191 Å². The van der Waals surface area contributed by atoms with Crippen LogP contribution in [0.1, 0.15) is 32.5 Å². The third-order valence-corrected chi connectivity index (χ3v) is 7.14. The van der Waals surface area contributed by atoms with Gasteiger partial charge in [-0.15, -0.1) is 10.2 Å². The maximum absolute atomic E-state index is 15.6. The molecule has 2 fully saturated rings. The van der Waals surface area contributed by atoms with Gasteiger partial charge in [0.15, 0.2) is 5.82 Å². The zero-order valence-corrected chi connectivity index (χ0v) is 18.9. The lowest BCUT2D eigenvalue weighted by Crippen LogP contribution is -2.61. The van der Waals surface area contributed by atoms with Crippen molar-refractivity contribution >= 4 is 5.57 Å². The lowest BCUT2D eigenvalue weighted by Gasteiger charge is -2.45. The van der Waals surface area contributed by atoms with Gasteiger partial charge >= 0.3 is 0 Å². The molecule has 1 aromatic carbocycles. The Bertz CT molecular complexity index is 1180. The molecule has 0 spiro atoms. The van der Waals surface area contributed by atoms with E-state index in [1.165, 1.54) is 6.20 Å². The number of imidazole rings is 1. The Morgan fingerprint density at radius 1 is 1.27 bits per heavy atom. The Hall–Kier alpha value is -3.17. The van der Waals surface area contributed by atoms with E-state index in [0.717, 1.165) is 5.69 Å². The molecule has 8 nitrogen and oxygen atoms in total. The lowest BCUT2D eigenvalue weighted by atomic mass is 9.75. The van der Waals surface area contributed by atoms with E-state index < -0.39 is 17.6 Å². The Morgan fingerprint density at radius 2 is 2.09 bits per heavy atom. The van der Waals surface area contributed by atoms with Crippen LogP contribution < -0.4 is 5.32 Å². The van der Waals surface area contributed by atoms with Gasteiger partial charge in [-0.3, -0.25) is 0 Å². The van der Waals surface area contributed by atoms with Crippen LogP contribution in [0.4, 0.5) is 4.39 Å². The number of methoxy groups -OCH3 is 1. The van der Waals surface area contributed by atoms with Gasteiger partial charge in [-0.25, -0.2) is 14.4 Å². The highest BCUT2D eigenvalue weighted by Gasteiger charge is 2.60. The third-order valence-electron chi connectivity index (χ3n) is 7.14. The summed E-state index contributed by atoms with van der Waals surface area (Å²) in [6.07, 6.45) is 6.53. The van der Waals surface area contributed by atoms with Crippen molar-refractivity contribution in [2.45, 2.75) is 50.0 Å². The molecule has 2 N–H and O–H groups in total. The molecular weight excluding hydrogens is 423 g/mol. The minimum Gasteiger partial charge on any atom is -0.507 e. The van der Waals surface area contributed by atoms with Gasteiger partial charge in [0.1, 0.15) is 17.6 Å². The summed E-state index contributed by atoms with van der Waals surface area (Å²) in [4.78, 5) is 8.43. The van der Waals surface area contributed by atoms with E-state index in [1.54, 1.807) is 42.5 Å². The number of alkyl halides is 1. The minimum atomic E-state index is -1.15. The third kappa shape index (κ3) is 3.52. The smallest absolute Gasteiger partial charge is 0.177 e. The zero-order valence-electron chi connectivity index (χ0n) is 18.9. The van der Waals surface area contributed by atoms with Gasteiger partial charge in [0.25, 0.3) is 0 Å². The highest BCUT2D eigenvalue weighted by Crippen LogP contribution is 2.50. The fourth-order valence-electron chi connectivity index (χ4n) is 5.43. The Balaban J connectivity index is 1.38. The summed E-state index contributed by atoms with van der Waals surface area (Å²) < 4.78 is 23.0. The van der Waals surface area contributed by atoms with Crippen LogP contribution >= 0.6 is 0 Å². The number of phenols is 1. The van der Waals surface area contributed by atoms with E-state index in [9.17, 15) is 5.11 Å². The summed E-state index contributed by atoms with van der Waals surface area (Å²) in [6, 6.07) is 5.22. The number of nitrogens with one attached hydrogen (secondary N) is 1. The van der Waals surface area contributed by atoms with Gasteiger partial charge in [-0.2, -0.15) is 0 Å². The number of allylic oxidation sites excluding steroid dienone is 1. The van der Waals surface area contributed by atoms with Crippen molar-refractivity contribution in [2.75, 3.05) is 7.11 Å². The predicted octanol–water partition coefficient (Wildman–Crippen LogP) is 3.33. The molecule has 3 aromatic rings. The fourth-order valence-corrected chi connectivity index (χ4v) is 5.43. The molecule has 9 heteroatoms. The average Bonchev–Trinajstić information content (AvgIpc) is 3.41. The first-order valence-corrected chi connectivity index (χ1v) is 10.9. The lowest BCUT2D eigenvalue weighted by molar-refractivity contribution is 0.0334. The minimum absolute atomic E-state index is 0.0501. The van der Waals surface area contributed by atoms with Crippen LogP contribution in [-0.4, -0.2) is 60.3 Å². The molecule has 2 aliphatic rings. The van der Waals surface area contributed by atoms with Crippen LogP contribution in [0.25, 0.3) is 22.5 Å². The molecule has 0 aliphatic carbocycles. The highest BCUT2D eigenvalue weighted by atomic mass is 19.1. The van der Waals surface area contributed by atoms with E-state index in [1.807, 2.05) is 13.0 Å². The van der Waals surface area contributed by atoms with Crippen molar-refractivity contribution < 1.29 is 14.2 Å². The largest absolute Gasteiger partial charge is 0.507 e. The van der Waals surface area contributed by atoms with Crippen molar-refractivity contribution in [2.24, 2.45) is 5.92 Å². The summed E-state index contributed by atoms with van der Waals surface area (Å²) in [6.45, 7) is 8.10. The molecule has 2 saturated heterocycles. The number of ether oxygens (including phenoxy) is 1. The fraction of sp³-hybridized carbons (Fsp3) is 0.417. The molecule has 5 rings (SSSR count). The standard InChI is InChI=1S/C24H27FN6O2/c1-14(17-10-23(2)20(33-4)11-24(3,30-23)21(17)25)22-27-12-18(28-29-22)16-6-5-15(9-19(16)32)31-8-7-26-13-31/h5-9,12-13,17,20-21,30,32H,1,10-11H2,2-4H3/t17-,20+,21-,23-,24-/m0/s1. The second kappa shape index (κ2) is 7.71. The number of nitrogens with zero attached hydrogens (tertiary/aromatic N) is 5. The number of piperidine rings is 1. The summed E-state index contributed by atoms with van der Waals surface area (Å²) in [5, 5.41) is 22.4. The molecule has 2 bridgehead atoms. The van der Waals surface area contributed by atoms with Crippen LogP contribution in [0.2, 0.25) is 0 Å². The molecule has 2 aliphatic heterocycles. The maximum atomic E-state index is 15.6. The van der Waals surface area contributed by atoms with E-state index in [-0.39, 0.29) is 17.4 Å². The molecule has 33 heavy (non-hydrogen) atoms. The van der Waals surface area contributed by atoms with Gasteiger partial charge in [-0.05, 0) is 44.4 Å². The molecule has 0 unspecified atom stereocenters. The first-order chi connectivity index (χ1) is 15.7. The monoisotopic (exact) mass is 450 g/mol. The number of fused-ring (bicyclic) bond motifs is 2. The highest BCUT2D eigenvalue weighted by molar-refractivity contribution is 5.68. The van der Waals surface area contributed by atoms with Crippen LogP contribution in [-0.2, 0) is 4.74 Å². The van der Waals surface area contributed by atoms with Crippen LogP contribution in [0.3, 0.4) is 0 Å². The molecule has 0 amide bonds. The normalized spacial score (nSPS) is 31.0. The summed E-state index contributed by atoms with van der Waals surface area (Å²) >= 11 is 0. The number of hydrogen-bond donors (Lipinski definition) is 2. The van der Waals surface area contributed by atoms with E-state index in [4.69, 9.17) is 4.74 Å². The van der Waals surface area contributed by atoms with E-state index in [0.29, 0.717) is 35.5 Å². The van der Waals surface area contributed by atoms with Crippen LogP contribution in [0, 0.1) is 5.92 Å². The second-order valence-corrected chi connectivity index (χ2v) is 9.46. The number of aromatic nitrogens is 5. The average molecular weight is 451 g/mol. The molecule has 2 aromatic heterocycles. The molecule has 0 radical (unpaired) electrons. The first kappa shape index (κ1) is 21.7. The second-order valence-electron chi connectivity index (χ2n) is 9.46. The number of benzene rings is 1. The van der Waals surface area contributed by atoms with Crippen LogP contribution in [0.5, 0.6) is 5.75 Å². The van der Waals surface area contributed by atoms with Crippen LogP contribution in [0.15, 0.2) is 49.7 Å². The molecule has 0 saturated carbocycles. The molecule has 172 valence electrons. The number of phenolic OH excluding ortho intramolecular Hbond substituents is 1. The van der Waals surface area contributed by atoms with Gasteiger partial charge in [0.2, 0.25) is 0 Å². The van der Waals surface area contributed by atoms with Gasteiger partial charge in [0, 0.05) is 42.6 Å². The van der Waals surface area contributed by atoms with E-state index in [2.05, 4.69) is 39.0 Å². The summed E-state index contributed by atoms with van der Waals surface area (Å²) in [5.41, 5.74) is 1.17. The van der Waals surface area contributed by atoms with Gasteiger partial charge in [0.05, 0.1) is 29.9 Å². The number of aromatic hydroxyl groups is 1. The van der Waals surface area contributed by atoms with Crippen molar-refractivity contribution in [1.29, 1.82) is 0 Å². The quantitative estimate of drug-likeness (QED) is 0.615. The van der Waals surface area contributed by atoms with Crippen molar-refractivity contribution in [3.63, 3.8) is 0 Å². The van der Waals surface area contributed by atoms with Crippen molar-refractivity contribution in [3.05, 3.63) is 55.5 Å². The maximum Gasteiger partial charge on any atom is 0.177 e. The summed E-state index contributed by atoms with van der Waals surface area (Å²) in [5.74, 6) is -0.0885. The molecular formula is C24H27FN6O2. The van der Waals surface area contributed by atoms with E-state index >= 15 is 4.39 Å². The molecule has 4 heterocycles. The Kier molecular flexibility index (Phi) is 5.06. The topological polar surface area (TPSA) is 98.0 Å². The number of hydrogen-bond acceptors (Lipinski definition) is 7. The predicted molar refractivity (Wildman–Crippen MR) is 121 cm³/mol.